The predicted molar refractivity (Wildman–Crippen MR) is 83.3 cm³/mol. The monoisotopic (exact) mass is 304 g/mol. The lowest BCUT2D eigenvalue weighted by Crippen LogP contribution is -2.29. The lowest BCUT2D eigenvalue weighted by atomic mass is 10.2. The van der Waals surface area contributed by atoms with Gasteiger partial charge in [0.25, 0.3) is 0 Å². The standard InChI is InChI=1S/C15H20N4O3/c1-4-19-11(7-8-17-19)10-16-15(20)18-13-9-12(21-2)5-6-14(13)22-3/h5-9H,4,10H2,1-3H3,(H2,16,18,20). The van der Waals surface area contributed by atoms with Crippen molar-refractivity contribution in [3.8, 4) is 11.5 Å². The number of amides is 2. The first-order valence-corrected chi connectivity index (χ1v) is 6.95. The highest BCUT2D eigenvalue weighted by Crippen LogP contribution is 2.28. The number of ether oxygens (including phenoxy) is 2. The van der Waals surface area contributed by atoms with E-state index >= 15 is 0 Å². The van der Waals surface area contributed by atoms with Crippen molar-refractivity contribution >= 4 is 11.7 Å². The zero-order valence-corrected chi connectivity index (χ0v) is 12.9. The second-order valence-electron chi connectivity index (χ2n) is 4.51. The highest BCUT2D eigenvalue weighted by Gasteiger charge is 2.09. The minimum absolute atomic E-state index is 0.324. The van der Waals surface area contributed by atoms with E-state index in [4.69, 9.17) is 9.47 Å². The number of methoxy groups -OCH3 is 2. The number of nitrogens with zero attached hydrogens (tertiary/aromatic N) is 2. The number of aryl methyl sites for hydroxylation is 1. The number of rotatable bonds is 6. The van der Waals surface area contributed by atoms with E-state index in [0.29, 0.717) is 23.7 Å². The normalized spacial score (nSPS) is 10.1. The number of carbonyl (C=O) groups is 1. The van der Waals surface area contributed by atoms with Gasteiger partial charge in [-0.25, -0.2) is 4.79 Å². The van der Waals surface area contributed by atoms with Crippen molar-refractivity contribution in [3.63, 3.8) is 0 Å². The molecule has 0 unspecified atom stereocenters. The number of hydrogen-bond acceptors (Lipinski definition) is 4. The third-order valence-electron chi connectivity index (χ3n) is 3.19. The summed E-state index contributed by atoms with van der Waals surface area (Å²) in [5, 5.41) is 9.70. The number of urea groups is 1. The van der Waals surface area contributed by atoms with Crippen LogP contribution in [0.25, 0.3) is 0 Å². The number of nitrogens with one attached hydrogen (secondary N) is 2. The van der Waals surface area contributed by atoms with Gasteiger partial charge in [0.1, 0.15) is 11.5 Å². The Bertz CT molecular complexity index is 639. The van der Waals surface area contributed by atoms with Gasteiger partial charge in [-0.2, -0.15) is 5.10 Å². The minimum atomic E-state index is -0.324. The Hall–Kier alpha value is -2.70. The van der Waals surface area contributed by atoms with E-state index in [1.807, 2.05) is 17.7 Å². The van der Waals surface area contributed by atoms with Gasteiger partial charge in [0, 0.05) is 18.8 Å². The van der Waals surface area contributed by atoms with Crippen LogP contribution >= 0.6 is 0 Å². The Morgan fingerprint density at radius 3 is 2.77 bits per heavy atom. The summed E-state index contributed by atoms with van der Waals surface area (Å²) in [7, 11) is 3.11. The number of aromatic nitrogens is 2. The van der Waals surface area contributed by atoms with E-state index in [2.05, 4.69) is 15.7 Å². The summed E-state index contributed by atoms with van der Waals surface area (Å²) in [6.07, 6.45) is 1.71. The summed E-state index contributed by atoms with van der Waals surface area (Å²) in [4.78, 5) is 12.0. The van der Waals surface area contributed by atoms with Crippen LogP contribution in [-0.4, -0.2) is 30.0 Å². The Morgan fingerprint density at radius 2 is 2.09 bits per heavy atom. The van der Waals surface area contributed by atoms with E-state index in [9.17, 15) is 4.79 Å². The molecule has 1 aromatic carbocycles. The first kappa shape index (κ1) is 15.7. The summed E-state index contributed by atoms with van der Waals surface area (Å²) in [5.41, 5.74) is 1.48. The van der Waals surface area contributed by atoms with Crippen LogP contribution in [0.5, 0.6) is 11.5 Å². The smallest absolute Gasteiger partial charge is 0.319 e. The molecule has 0 saturated carbocycles. The van der Waals surface area contributed by atoms with Crippen LogP contribution in [0.2, 0.25) is 0 Å². The summed E-state index contributed by atoms with van der Waals surface area (Å²) < 4.78 is 12.2. The third-order valence-corrected chi connectivity index (χ3v) is 3.19. The van der Waals surface area contributed by atoms with E-state index in [1.165, 1.54) is 0 Å². The van der Waals surface area contributed by atoms with E-state index in [1.54, 1.807) is 38.6 Å². The molecule has 0 aliphatic carbocycles. The molecule has 2 rings (SSSR count). The van der Waals surface area contributed by atoms with Crippen LogP contribution in [0.1, 0.15) is 12.6 Å². The van der Waals surface area contributed by atoms with Gasteiger partial charge in [-0.15, -0.1) is 0 Å². The second kappa shape index (κ2) is 7.35. The van der Waals surface area contributed by atoms with Gasteiger partial charge in [-0.3, -0.25) is 4.68 Å². The lowest BCUT2D eigenvalue weighted by Gasteiger charge is -2.12. The average Bonchev–Trinajstić information content (AvgIpc) is 3.00. The molecular formula is C15H20N4O3. The van der Waals surface area contributed by atoms with Crippen LogP contribution < -0.4 is 20.1 Å². The van der Waals surface area contributed by atoms with Crippen LogP contribution in [-0.2, 0) is 13.1 Å². The molecule has 118 valence electrons. The molecule has 2 aromatic rings. The van der Waals surface area contributed by atoms with Crippen molar-refractivity contribution in [2.75, 3.05) is 19.5 Å². The number of carbonyl (C=O) groups excluding carboxylic acids is 1. The Balaban J connectivity index is 2.00. The lowest BCUT2D eigenvalue weighted by molar-refractivity contribution is 0.251. The quantitative estimate of drug-likeness (QED) is 0.858. The van der Waals surface area contributed by atoms with Gasteiger partial charge in [-0.05, 0) is 25.1 Å². The molecule has 0 aliphatic rings. The van der Waals surface area contributed by atoms with Crippen molar-refractivity contribution in [2.45, 2.75) is 20.0 Å². The van der Waals surface area contributed by atoms with Gasteiger partial charge in [0.2, 0.25) is 0 Å². The van der Waals surface area contributed by atoms with Crippen molar-refractivity contribution < 1.29 is 14.3 Å². The number of anilines is 1. The molecule has 2 amide bonds. The topological polar surface area (TPSA) is 77.4 Å². The Labute approximate surface area is 129 Å². The van der Waals surface area contributed by atoms with E-state index in [0.717, 1.165) is 12.2 Å². The highest BCUT2D eigenvalue weighted by molar-refractivity contribution is 5.91. The number of hydrogen-bond donors (Lipinski definition) is 2. The fourth-order valence-corrected chi connectivity index (χ4v) is 2.04. The fraction of sp³-hybridized carbons (Fsp3) is 0.333. The Morgan fingerprint density at radius 1 is 1.27 bits per heavy atom. The molecule has 1 heterocycles. The molecule has 0 saturated heterocycles. The predicted octanol–water partition coefficient (Wildman–Crippen LogP) is 2.24. The van der Waals surface area contributed by atoms with Crippen LogP contribution in [0, 0.1) is 0 Å². The molecule has 0 radical (unpaired) electrons. The molecule has 7 heteroatoms. The van der Waals surface area contributed by atoms with Crippen LogP contribution in [0.15, 0.2) is 30.5 Å². The molecule has 22 heavy (non-hydrogen) atoms. The summed E-state index contributed by atoms with van der Waals surface area (Å²) in [5.74, 6) is 1.20. The van der Waals surface area contributed by atoms with Gasteiger partial charge in [-0.1, -0.05) is 0 Å². The van der Waals surface area contributed by atoms with Crippen LogP contribution in [0.4, 0.5) is 10.5 Å². The van der Waals surface area contributed by atoms with Gasteiger partial charge in [0.05, 0.1) is 32.1 Å². The highest BCUT2D eigenvalue weighted by atomic mass is 16.5. The second-order valence-corrected chi connectivity index (χ2v) is 4.51. The molecular weight excluding hydrogens is 284 g/mol. The van der Waals surface area contributed by atoms with Crippen molar-refractivity contribution in [1.82, 2.24) is 15.1 Å². The molecule has 0 bridgehead atoms. The molecule has 1 aromatic heterocycles. The molecule has 7 nitrogen and oxygen atoms in total. The van der Waals surface area contributed by atoms with Crippen LogP contribution in [0.3, 0.4) is 0 Å². The fourth-order valence-electron chi connectivity index (χ4n) is 2.04. The van der Waals surface area contributed by atoms with Crippen molar-refractivity contribution in [2.24, 2.45) is 0 Å². The summed E-state index contributed by atoms with van der Waals surface area (Å²) in [6.45, 7) is 3.15. The van der Waals surface area contributed by atoms with Gasteiger partial charge >= 0.3 is 6.03 Å². The zero-order valence-electron chi connectivity index (χ0n) is 12.9. The molecule has 2 N–H and O–H groups in total. The first-order valence-electron chi connectivity index (χ1n) is 6.95. The van der Waals surface area contributed by atoms with E-state index < -0.39 is 0 Å². The summed E-state index contributed by atoms with van der Waals surface area (Å²) in [6, 6.07) is 6.75. The average molecular weight is 304 g/mol. The summed E-state index contributed by atoms with van der Waals surface area (Å²) >= 11 is 0. The maximum Gasteiger partial charge on any atom is 0.319 e. The largest absolute Gasteiger partial charge is 0.497 e. The maximum absolute atomic E-state index is 12.0. The molecule has 0 spiro atoms. The minimum Gasteiger partial charge on any atom is -0.497 e. The molecule has 0 aliphatic heterocycles. The van der Waals surface area contributed by atoms with Crippen molar-refractivity contribution in [1.29, 1.82) is 0 Å². The Kier molecular flexibility index (Phi) is 5.24. The SMILES string of the molecule is CCn1nccc1CNC(=O)Nc1cc(OC)ccc1OC. The number of benzene rings is 1. The molecule has 0 atom stereocenters. The van der Waals surface area contributed by atoms with Gasteiger partial charge < -0.3 is 20.1 Å². The van der Waals surface area contributed by atoms with Gasteiger partial charge in [0.15, 0.2) is 0 Å². The molecule has 0 fully saturated rings. The maximum atomic E-state index is 12.0. The first-order chi connectivity index (χ1) is 10.7. The van der Waals surface area contributed by atoms with E-state index in [-0.39, 0.29) is 6.03 Å². The zero-order chi connectivity index (χ0) is 15.9. The third kappa shape index (κ3) is 3.69. The van der Waals surface area contributed by atoms with Crippen molar-refractivity contribution in [3.05, 3.63) is 36.2 Å².